The van der Waals surface area contributed by atoms with E-state index in [1.54, 1.807) is 6.07 Å². The van der Waals surface area contributed by atoms with E-state index in [9.17, 15) is 9.59 Å². The van der Waals surface area contributed by atoms with Crippen molar-refractivity contribution in [3.63, 3.8) is 0 Å². The molecule has 7 heteroatoms. The first-order valence-electron chi connectivity index (χ1n) is 8.23. The number of aromatic nitrogens is 1. The van der Waals surface area contributed by atoms with Crippen LogP contribution in [0.4, 0.5) is 0 Å². The van der Waals surface area contributed by atoms with Gasteiger partial charge in [-0.05, 0) is 25.3 Å². The molecule has 23 heavy (non-hydrogen) atoms. The van der Waals surface area contributed by atoms with E-state index in [0.29, 0.717) is 31.2 Å². The van der Waals surface area contributed by atoms with Crippen LogP contribution >= 0.6 is 0 Å². The van der Waals surface area contributed by atoms with Gasteiger partial charge in [-0.25, -0.2) is 0 Å². The summed E-state index contributed by atoms with van der Waals surface area (Å²) < 4.78 is 5.06. The molecule has 2 amide bonds. The van der Waals surface area contributed by atoms with Crippen LogP contribution in [-0.4, -0.2) is 30.1 Å². The van der Waals surface area contributed by atoms with E-state index in [1.807, 2.05) is 13.8 Å². The highest BCUT2D eigenvalue weighted by Gasteiger charge is 2.13. The summed E-state index contributed by atoms with van der Waals surface area (Å²) in [6.07, 6.45) is 4.52. The maximum atomic E-state index is 11.9. The summed E-state index contributed by atoms with van der Waals surface area (Å²) in [6.45, 7) is 5.52. The third-order valence-electron chi connectivity index (χ3n) is 3.26. The topological polar surface area (TPSA) is 110 Å². The largest absolute Gasteiger partial charge is 0.359 e. The maximum absolute atomic E-state index is 11.9. The molecule has 130 valence electrons. The third kappa shape index (κ3) is 8.35. The zero-order valence-corrected chi connectivity index (χ0v) is 14.1. The van der Waals surface area contributed by atoms with E-state index in [2.05, 4.69) is 15.8 Å². The van der Waals surface area contributed by atoms with E-state index >= 15 is 0 Å². The highest BCUT2D eigenvalue weighted by atomic mass is 16.5. The fourth-order valence-electron chi connectivity index (χ4n) is 2.05. The SMILES string of the molecule is CC(C)CC(=O)NCc1cc(C(=O)NCCCCCCN)no1. The van der Waals surface area contributed by atoms with E-state index in [1.165, 1.54) is 0 Å². The van der Waals surface area contributed by atoms with Crippen molar-refractivity contribution in [2.45, 2.75) is 52.5 Å². The van der Waals surface area contributed by atoms with Gasteiger partial charge in [0.05, 0.1) is 6.54 Å². The number of nitrogens with two attached hydrogens (primary N) is 1. The number of nitrogens with one attached hydrogen (secondary N) is 2. The van der Waals surface area contributed by atoms with Crippen molar-refractivity contribution >= 4 is 11.8 Å². The minimum Gasteiger partial charge on any atom is -0.359 e. The number of hydrogen-bond donors (Lipinski definition) is 3. The molecule has 7 nitrogen and oxygen atoms in total. The van der Waals surface area contributed by atoms with E-state index < -0.39 is 0 Å². The fourth-order valence-corrected chi connectivity index (χ4v) is 2.05. The Morgan fingerprint density at radius 2 is 1.96 bits per heavy atom. The standard InChI is InChI=1S/C16H28N4O3/c1-12(2)9-15(21)19-11-13-10-14(20-23-13)16(22)18-8-6-4-3-5-7-17/h10,12H,3-9,11,17H2,1-2H3,(H,18,22)(H,19,21). The Balaban J connectivity index is 2.26. The lowest BCUT2D eigenvalue weighted by Gasteiger charge is -2.04. The van der Waals surface area contributed by atoms with Crippen molar-refractivity contribution in [2.24, 2.45) is 11.7 Å². The Hall–Kier alpha value is -1.89. The first-order valence-corrected chi connectivity index (χ1v) is 8.23. The second kappa shape index (κ2) is 10.8. The Morgan fingerprint density at radius 3 is 2.65 bits per heavy atom. The van der Waals surface area contributed by atoms with Crippen LogP contribution < -0.4 is 16.4 Å². The molecule has 0 aromatic carbocycles. The number of amides is 2. The quantitative estimate of drug-likeness (QED) is 0.535. The van der Waals surface area contributed by atoms with Gasteiger partial charge in [-0.2, -0.15) is 0 Å². The Kier molecular flexibility index (Phi) is 8.97. The summed E-state index contributed by atoms with van der Waals surface area (Å²) in [5, 5.41) is 9.27. The zero-order chi connectivity index (χ0) is 17.1. The lowest BCUT2D eigenvalue weighted by atomic mass is 10.1. The molecule has 0 fully saturated rings. The van der Waals surface area contributed by atoms with Crippen molar-refractivity contribution in [2.75, 3.05) is 13.1 Å². The van der Waals surface area contributed by atoms with Crippen LogP contribution in [-0.2, 0) is 11.3 Å². The molecule has 0 aliphatic rings. The number of unbranched alkanes of at least 4 members (excludes halogenated alkanes) is 3. The van der Waals surface area contributed by atoms with Crippen molar-refractivity contribution in [3.8, 4) is 0 Å². The van der Waals surface area contributed by atoms with Crippen LogP contribution in [0.1, 0.15) is 62.2 Å². The van der Waals surface area contributed by atoms with Gasteiger partial charge in [-0.1, -0.05) is 31.8 Å². The molecule has 0 atom stereocenters. The van der Waals surface area contributed by atoms with E-state index in [-0.39, 0.29) is 24.1 Å². The maximum Gasteiger partial charge on any atom is 0.273 e. The molecule has 0 saturated heterocycles. The monoisotopic (exact) mass is 324 g/mol. The Bertz CT molecular complexity index is 485. The van der Waals surface area contributed by atoms with Gasteiger partial charge in [-0.3, -0.25) is 9.59 Å². The highest BCUT2D eigenvalue weighted by molar-refractivity contribution is 5.92. The lowest BCUT2D eigenvalue weighted by Crippen LogP contribution is -2.25. The van der Waals surface area contributed by atoms with Gasteiger partial charge in [0.25, 0.3) is 5.91 Å². The molecule has 1 aromatic rings. The minimum absolute atomic E-state index is 0.0418. The molecule has 4 N–H and O–H groups in total. The summed E-state index contributed by atoms with van der Waals surface area (Å²) in [5.41, 5.74) is 5.66. The van der Waals surface area contributed by atoms with Crippen molar-refractivity contribution in [3.05, 3.63) is 17.5 Å². The van der Waals surface area contributed by atoms with Crippen LogP contribution in [0, 0.1) is 5.92 Å². The average molecular weight is 324 g/mol. The molecule has 1 rings (SSSR count). The van der Waals surface area contributed by atoms with Crippen LogP contribution in [0.25, 0.3) is 0 Å². The first-order chi connectivity index (χ1) is 11.0. The summed E-state index contributed by atoms with van der Waals surface area (Å²) in [7, 11) is 0. The predicted octanol–water partition coefficient (Wildman–Crippen LogP) is 1.59. The molecule has 0 bridgehead atoms. The highest BCUT2D eigenvalue weighted by Crippen LogP contribution is 2.05. The molecular weight excluding hydrogens is 296 g/mol. The molecule has 1 heterocycles. The average Bonchev–Trinajstić information content (AvgIpc) is 2.97. The summed E-state index contributed by atoms with van der Waals surface area (Å²) in [4.78, 5) is 23.4. The van der Waals surface area contributed by atoms with Gasteiger partial charge in [0.15, 0.2) is 11.5 Å². The zero-order valence-electron chi connectivity index (χ0n) is 14.1. The van der Waals surface area contributed by atoms with E-state index in [4.69, 9.17) is 10.3 Å². The van der Waals surface area contributed by atoms with Gasteiger partial charge in [0, 0.05) is 19.0 Å². The normalized spacial score (nSPS) is 10.8. The molecule has 1 aromatic heterocycles. The third-order valence-corrected chi connectivity index (χ3v) is 3.26. The smallest absolute Gasteiger partial charge is 0.273 e. The Labute approximate surface area is 137 Å². The van der Waals surface area contributed by atoms with Crippen molar-refractivity contribution < 1.29 is 14.1 Å². The van der Waals surface area contributed by atoms with Crippen LogP contribution in [0.2, 0.25) is 0 Å². The molecule has 0 aliphatic carbocycles. The molecule has 0 saturated carbocycles. The van der Waals surface area contributed by atoms with Crippen LogP contribution in [0.3, 0.4) is 0 Å². The summed E-state index contributed by atoms with van der Waals surface area (Å²) >= 11 is 0. The number of carbonyl (C=O) groups excluding carboxylic acids is 2. The number of nitrogens with zero attached hydrogens (tertiary/aromatic N) is 1. The summed E-state index contributed by atoms with van der Waals surface area (Å²) in [5.74, 6) is 0.471. The molecule has 0 radical (unpaired) electrons. The molecule has 0 unspecified atom stereocenters. The second-order valence-electron chi connectivity index (χ2n) is 6.01. The number of hydrogen-bond acceptors (Lipinski definition) is 5. The van der Waals surface area contributed by atoms with Gasteiger partial charge >= 0.3 is 0 Å². The molecule has 0 spiro atoms. The van der Waals surface area contributed by atoms with Crippen molar-refractivity contribution in [1.82, 2.24) is 15.8 Å². The van der Waals surface area contributed by atoms with Crippen LogP contribution in [0.5, 0.6) is 0 Å². The molecular formula is C16H28N4O3. The van der Waals surface area contributed by atoms with Gasteiger partial charge in [0.2, 0.25) is 5.91 Å². The first kappa shape index (κ1) is 19.2. The second-order valence-corrected chi connectivity index (χ2v) is 6.01. The van der Waals surface area contributed by atoms with Gasteiger partial charge in [0.1, 0.15) is 0 Å². The molecule has 0 aliphatic heterocycles. The lowest BCUT2D eigenvalue weighted by molar-refractivity contribution is -0.122. The fraction of sp³-hybridized carbons (Fsp3) is 0.688. The summed E-state index contributed by atoms with van der Waals surface area (Å²) in [6, 6.07) is 1.55. The van der Waals surface area contributed by atoms with Crippen molar-refractivity contribution in [1.29, 1.82) is 0 Å². The van der Waals surface area contributed by atoms with Gasteiger partial charge < -0.3 is 20.9 Å². The Morgan fingerprint density at radius 1 is 1.22 bits per heavy atom. The van der Waals surface area contributed by atoms with E-state index in [0.717, 1.165) is 25.7 Å². The van der Waals surface area contributed by atoms with Gasteiger partial charge in [-0.15, -0.1) is 0 Å². The number of rotatable bonds is 11. The minimum atomic E-state index is -0.257. The predicted molar refractivity (Wildman–Crippen MR) is 87.7 cm³/mol. The van der Waals surface area contributed by atoms with Crippen LogP contribution in [0.15, 0.2) is 10.6 Å². The number of carbonyl (C=O) groups is 2.